The number of nitrogens with two attached hydrogens (primary N) is 3. The summed E-state index contributed by atoms with van der Waals surface area (Å²) >= 11 is 0. The van der Waals surface area contributed by atoms with Crippen molar-refractivity contribution in [1.29, 1.82) is 0 Å². The summed E-state index contributed by atoms with van der Waals surface area (Å²) in [7, 11) is 1.53. The molecule has 0 bridgehead atoms. The Hall–Kier alpha value is -1.17. The van der Waals surface area contributed by atoms with E-state index >= 15 is 0 Å². The van der Waals surface area contributed by atoms with Crippen LogP contribution in [0.1, 0.15) is 26.2 Å². The van der Waals surface area contributed by atoms with Crippen LogP contribution >= 0.6 is 0 Å². The molecule has 16 N–H and O–H groups in total. The van der Waals surface area contributed by atoms with Crippen molar-refractivity contribution in [2.24, 2.45) is 23.1 Å². The summed E-state index contributed by atoms with van der Waals surface area (Å²) < 4.78 is 23.4. The third kappa shape index (κ3) is 8.29. The van der Waals surface area contributed by atoms with Crippen LogP contribution < -0.4 is 33.2 Å². The van der Waals surface area contributed by atoms with Gasteiger partial charge in [0.15, 0.2) is 12.6 Å². The van der Waals surface area contributed by atoms with Crippen LogP contribution in [-0.2, 0) is 23.7 Å². The first kappa shape index (κ1) is 36.7. The zero-order valence-electron chi connectivity index (χ0n) is 25.6. The summed E-state index contributed by atoms with van der Waals surface area (Å²) in [6.45, 7) is 1.61. The average Bonchev–Trinajstić information content (AvgIpc) is 2.97. The molecule has 0 radical (unpaired) electrons. The smallest absolute Gasteiger partial charge is 0.250 e. The molecule has 15 atom stereocenters. The van der Waals surface area contributed by atoms with E-state index in [-0.39, 0.29) is 32.2 Å². The van der Waals surface area contributed by atoms with E-state index in [1.165, 1.54) is 14.0 Å². The molecule has 2 aliphatic carbocycles. The Labute approximate surface area is 261 Å². The number of carbonyl (C=O) groups excluding carboxylic acids is 1. The molecular weight excluding hydrogens is 600 g/mol. The van der Waals surface area contributed by atoms with Gasteiger partial charge in [0.25, 0.3) is 0 Å². The highest BCUT2D eigenvalue weighted by Crippen LogP contribution is 2.33. The summed E-state index contributed by atoms with van der Waals surface area (Å²) in [6, 6.07) is -2.74. The number of aliphatic hydroxyl groups is 7. The fourth-order valence-electron chi connectivity index (χ4n) is 6.58. The van der Waals surface area contributed by atoms with Gasteiger partial charge in [-0.1, -0.05) is 0 Å². The normalized spacial score (nSPS) is 48.0. The van der Waals surface area contributed by atoms with Crippen molar-refractivity contribution in [2.75, 3.05) is 33.3 Å². The number of aliphatic hydroxyl groups excluding tert-OH is 6. The number of likely N-dealkylation sites (N-methyl/N-ethyl adjacent to an activating group) is 1. The summed E-state index contributed by atoms with van der Waals surface area (Å²) in [5, 5.41) is 83.5. The highest BCUT2D eigenvalue weighted by Gasteiger charge is 2.53. The van der Waals surface area contributed by atoms with Crippen molar-refractivity contribution in [3.63, 3.8) is 0 Å². The van der Waals surface area contributed by atoms with E-state index in [4.69, 9.17) is 36.1 Å². The monoisotopic (exact) mass is 652 g/mol. The lowest BCUT2D eigenvalue weighted by molar-refractivity contribution is -0.331. The van der Waals surface area contributed by atoms with Crippen molar-refractivity contribution >= 4 is 5.91 Å². The largest absolute Gasteiger partial charge is 0.388 e. The fourth-order valence-corrected chi connectivity index (χ4v) is 6.58. The van der Waals surface area contributed by atoms with Crippen LogP contribution in [0.4, 0.5) is 0 Å². The zero-order valence-corrected chi connectivity index (χ0v) is 25.6. The topological polar surface area (TPSA) is 310 Å². The van der Waals surface area contributed by atoms with Crippen LogP contribution in [-0.4, -0.2) is 172 Å². The fraction of sp³-hybridized carbons (Fsp3) is 0.963. The van der Waals surface area contributed by atoms with E-state index in [0.29, 0.717) is 12.5 Å². The van der Waals surface area contributed by atoms with Crippen LogP contribution in [0.2, 0.25) is 0 Å². The standard InChI is InChI=1S/C27H52N6O12/c1-27(41)9-42-25(20(39)23(27)31-2)45-22-13(33-24(40)14(34)6-28)5-12(30)21(19(22)38)44-26-18(37)17(36)16(35)15(43-26)8-32-7-10-3-11(29)4-10/h10-23,25-26,31-32,34-39,41H,3-9,28-30H2,1-2H3,(H,33,40)/t10?,11?,12-,13+,14-,15+,16+,17-,18+,19-,20+,21?,22-,23+,25+,26+,27-/m0/s1. The average molecular weight is 653 g/mol. The van der Waals surface area contributed by atoms with Gasteiger partial charge in [-0.05, 0) is 45.7 Å². The molecule has 2 saturated heterocycles. The number of amides is 1. The molecule has 0 spiro atoms. The van der Waals surface area contributed by atoms with Crippen LogP contribution in [0, 0.1) is 5.92 Å². The van der Waals surface area contributed by atoms with Gasteiger partial charge in [-0.2, -0.15) is 0 Å². The highest BCUT2D eigenvalue weighted by molar-refractivity contribution is 5.81. The third-order valence-corrected chi connectivity index (χ3v) is 9.31. The second-order valence-electron chi connectivity index (χ2n) is 13.0. The number of hydrogen-bond donors (Lipinski definition) is 13. The Morgan fingerprint density at radius 3 is 2.24 bits per heavy atom. The number of nitrogens with one attached hydrogen (secondary N) is 3. The molecule has 4 aliphatic rings. The van der Waals surface area contributed by atoms with Gasteiger partial charge in [0.05, 0.1) is 18.7 Å². The van der Waals surface area contributed by atoms with Gasteiger partial charge in [0, 0.05) is 25.2 Å². The van der Waals surface area contributed by atoms with Gasteiger partial charge in [0.2, 0.25) is 5.91 Å². The molecule has 2 aliphatic heterocycles. The Morgan fingerprint density at radius 2 is 1.62 bits per heavy atom. The lowest BCUT2D eigenvalue weighted by atomic mass is 9.81. The van der Waals surface area contributed by atoms with E-state index in [1.807, 2.05) is 0 Å². The maximum atomic E-state index is 12.6. The summed E-state index contributed by atoms with van der Waals surface area (Å²) in [6.07, 6.45) is -14.3. The van der Waals surface area contributed by atoms with Crippen LogP contribution in [0.5, 0.6) is 0 Å². The molecule has 0 aromatic rings. The first-order valence-electron chi connectivity index (χ1n) is 15.5. The van der Waals surface area contributed by atoms with Gasteiger partial charge in [0.1, 0.15) is 60.5 Å². The van der Waals surface area contributed by atoms with E-state index in [0.717, 1.165) is 12.8 Å². The van der Waals surface area contributed by atoms with Gasteiger partial charge in [-0.15, -0.1) is 0 Å². The molecule has 1 unspecified atom stereocenters. The molecule has 1 amide bonds. The van der Waals surface area contributed by atoms with Gasteiger partial charge in [-0.3, -0.25) is 4.79 Å². The van der Waals surface area contributed by atoms with Crippen LogP contribution in [0.15, 0.2) is 0 Å². The highest BCUT2D eigenvalue weighted by atomic mass is 16.7. The third-order valence-electron chi connectivity index (χ3n) is 9.31. The molecule has 2 saturated carbocycles. The number of carbonyl (C=O) groups is 1. The molecule has 4 fully saturated rings. The molecular formula is C27H52N6O12. The molecule has 0 aromatic carbocycles. The van der Waals surface area contributed by atoms with Crippen molar-refractivity contribution in [1.82, 2.24) is 16.0 Å². The quantitative estimate of drug-likeness (QED) is 0.0931. The predicted molar refractivity (Wildman–Crippen MR) is 155 cm³/mol. The molecule has 262 valence electrons. The predicted octanol–water partition coefficient (Wildman–Crippen LogP) is -7.16. The SMILES string of the molecule is CN[C@@H]1[C@@H](O)[C@@H](O[C@H]2[C@H](NC(=O)[C@@H](O)CN)C[C@H](N)C(O[C@H]3O[C@H](CNCC4CC(N)C4)[C@@H](O)[C@H](O)[C@H]3O)[C@@H]2O)OC[C@]1(C)O. The number of hydrogen-bond acceptors (Lipinski definition) is 17. The minimum atomic E-state index is -1.71. The summed E-state index contributed by atoms with van der Waals surface area (Å²) in [5.74, 6) is -0.463. The van der Waals surface area contributed by atoms with Gasteiger partial charge < -0.3 is 87.8 Å². The van der Waals surface area contributed by atoms with E-state index in [2.05, 4.69) is 16.0 Å². The number of ether oxygens (including phenoxy) is 4. The first-order valence-corrected chi connectivity index (χ1v) is 15.5. The molecule has 18 heteroatoms. The Bertz CT molecular complexity index is 965. The second kappa shape index (κ2) is 15.4. The van der Waals surface area contributed by atoms with Crippen LogP contribution in [0.3, 0.4) is 0 Å². The van der Waals surface area contributed by atoms with E-state index < -0.39 is 97.1 Å². The summed E-state index contributed by atoms with van der Waals surface area (Å²) in [4.78, 5) is 12.6. The minimum Gasteiger partial charge on any atom is -0.388 e. The van der Waals surface area contributed by atoms with Crippen molar-refractivity contribution in [3.05, 3.63) is 0 Å². The lowest BCUT2D eigenvalue weighted by Crippen LogP contribution is -2.70. The maximum Gasteiger partial charge on any atom is 0.250 e. The Balaban J connectivity index is 1.48. The molecule has 0 aromatic heterocycles. The first-order chi connectivity index (χ1) is 21.2. The molecule has 2 heterocycles. The van der Waals surface area contributed by atoms with Crippen molar-refractivity contribution in [3.8, 4) is 0 Å². The number of rotatable bonds is 12. The van der Waals surface area contributed by atoms with E-state index in [9.17, 15) is 40.5 Å². The van der Waals surface area contributed by atoms with Crippen molar-refractivity contribution < 1.29 is 59.5 Å². The molecule has 45 heavy (non-hydrogen) atoms. The van der Waals surface area contributed by atoms with Crippen molar-refractivity contribution in [2.45, 2.75) is 123 Å². The molecule has 18 nitrogen and oxygen atoms in total. The zero-order chi connectivity index (χ0) is 33.2. The van der Waals surface area contributed by atoms with E-state index in [1.54, 1.807) is 0 Å². The molecule has 4 rings (SSSR count). The maximum absolute atomic E-state index is 12.6. The summed E-state index contributed by atoms with van der Waals surface area (Å²) in [5.41, 5.74) is 16.2. The lowest BCUT2D eigenvalue weighted by Gasteiger charge is -2.49. The Morgan fingerprint density at radius 1 is 0.956 bits per heavy atom. The van der Waals surface area contributed by atoms with Crippen LogP contribution in [0.25, 0.3) is 0 Å². The van der Waals surface area contributed by atoms with Gasteiger partial charge in [-0.25, -0.2) is 0 Å². The minimum absolute atomic E-state index is 0.0755. The van der Waals surface area contributed by atoms with Gasteiger partial charge >= 0.3 is 0 Å². The second-order valence-corrected chi connectivity index (χ2v) is 13.0. The Kier molecular flexibility index (Phi) is 12.5.